The highest BCUT2D eigenvalue weighted by Gasteiger charge is 2.35. The maximum Gasteiger partial charge on any atom is 0.311 e. The largest absolute Gasteiger partial charge is 0.481 e. The second-order valence-corrected chi connectivity index (χ2v) is 7.38. The first-order chi connectivity index (χ1) is 12.9. The van der Waals surface area contributed by atoms with Gasteiger partial charge in [-0.05, 0) is 40.5 Å². The number of hydrogen-bond acceptors (Lipinski definition) is 3. The number of unbranched alkanes of at least 4 members (excludes halogenated alkanes) is 1. The molecule has 0 heterocycles. The van der Waals surface area contributed by atoms with Crippen LogP contribution < -0.4 is 0 Å². The Morgan fingerprint density at radius 1 is 0.917 bits per heavy atom. The minimum Gasteiger partial charge on any atom is -0.481 e. The van der Waals surface area contributed by atoms with Gasteiger partial charge in [-0.1, -0.05) is 51.2 Å². The zero-order valence-electron chi connectivity index (χ0n) is 20.3. The van der Waals surface area contributed by atoms with E-state index in [1.807, 2.05) is 0 Å². The van der Waals surface area contributed by atoms with Crippen LogP contribution in [0.2, 0.25) is 0 Å². The summed E-state index contributed by atoms with van der Waals surface area (Å²) in [7, 11) is 0. The van der Waals surface area contributed by atoms with Crippen molar-refractivity contribution in [3.8, 4) is 0 Å². The van der Waals surface area contributed by atoms with Gasteiger partial charge in [0.2, 0.25) is 0 Å². The van der Waals surface area contributed by atoms with Crippen molar-refractivity contribution in [2.45, 2.75) is 97.9 Å². The normalized spacial score (nSPS) is 19.3. The third-order valence-corrected chi connectivity index (χ3v) is 4.34. The molecule has 0 aromatic carbocycles. The monoisotopic (exact) mass is 349 g/mol. The smallest absolute Gasteiger partial charge is 0.311 e. The number of carboxylic acids is 2. The standard InChI is InChI=1S/C19H36O5/c1-18(2,16(21)22)14-12-10-8-6-5-7-9-11-13-15(20)19(3,4)17(23)24/h15,20H,5-14H2,1-4H3,(H,21,22)(H,23,24)/i5D,6D2,7D2. The van der Waals surface area contributed by atoms with Gasteiger partial charge in [-0.25, -0.2) is 0 Å². The van der Waals surface area contributed by atoms with E-state index in [4.69, 9.17) is 17.1 Å². The number of carboxylic acid groups (broad SMARTS) is 2. The minimum atomic E-state index is -2.14. The molecule has 0 radical (unpaired) electrons. The van der Waals surface area contributed by atoms with E-state index >= 15 is 0 Å². The molecule has 0 saturated heterocycles. The van der Waals surface area contributed by atoms with Gasteiger partial charge >= 0.3 is 11.9 Å². The Balaban J connectivity index is 4.66. The fourth-order valence-electron chi connectivity index (χ4n) is 2.02. The Bertz CT molecular complexity index is 563. The summed E-state index contributed by atoms with van der Waals surface area (Å²) in [6.45, 7) is 5.95. The molecular formula is C19H36O5. The van der Waals surface area contributed by atoms with Crippen molar-refractivity contribution < 1.29 is 31.8 Å². The van der Waals surface area contributed by atoms with Crippen LogP contribution in [0.25, 0.3) is 0 Å². The lowest BCUT2D eigenvalue weighted by atomic mass is 9.84. The molecular weight excluding hydrogens is 308 g/mol. The van der Waals surface area contributed by atoms with Crippen LogP contribution in [0.15, 0.2) is 0 Å². The molecule has 142 valence electrons. The summed E-state index contributed by atoms with van der Waals surface area (Å²) < 4.78 is 40.4. The first kappa shape index (κ1) is 15.2. The number of aliphatic hydroxyl groups excluding tert-OH is 1. The summed E-state index contributed by atoms with van der Waals surface area (Å²) in [4.78, 5) is 22.2. The predicted molar refractivity (Wildman–Crippen MR) is 95.0 cm³/mol. The summed E-state index contributed by atoms with van der Waals surface area (Å²) in [5, 5.41) is 28.2. The number of carbonyl (C=O) groups is 2. The highest BCUT2D eigenvalue weighted by atomic mass is 16.4. The Morgan fingerprint density at radius 2 is 1.46 bits per heavy atom. The molecule has 0 saturated carbocycles. The molecule has 0 aliphatic rings. The van der Waals surface area contributed by atoms with Crippen LogP contribution in [0.5, 0.6) is 0 Å². The van der Waals surface area contributed by atoms with Gasteiger partial charge in [0.15, 0.2) is 0 Å². The van der Waals surface area contributed by atoms with Crippen LogP contribution in [0, 0.1) is 10.8 Å². The van der Waals surface area contributed by atoms with E-state index in [-0.39, 0.29) is 25.7 Å². The van der Waals surface area contributed by atoms with Gasteiger partial charge in [0.1, 0.15) is 0 Å². The van der Waals surface area contributed by atoms with Crippen molar-refractivity contribution in [2.75, 3.05) is 0 Å². The van der Waals surface area contributed by atoms with Crippen LogP contribution >= 0.6 is 0 Å². The molecule has 0 rings (SSSR count). The van der Waals surface area contributed by atoms with Crippen molar-refractivity contribution >= 4 is 11.9 Å². The number of aliphatic hydroxyl groups is 1. The fourth-order valence-corrected chi connectivity index (χ4v) is 2.02. The Hall–Kier alpha value is -1.10. The van der Waals surface area contributed by atoms with Crippen LogP contribution in [0.1, 0.15) is 98.6 Å². The SMILES string of the molecule is [2H]C(C([2H])([2H])CCCCC(C)(C)C(=O)O)C([2H])([2H])CCCC(O)C(C)(C)C(=O)O. The Morgan fingerprint density at radius 3 is 1.96 bits per heavy atom. The maximum atomic E-state index is 11.1. The van der Waals surface area contributed by atoms with E-state index < -0.39 is 48.0 Å². The molecule has 0 aromatic heterocycles. The van der Waals surface area contributed by atoms with E-state index in [1.54, 1.807) is 13.8 Å². The summed E-state index contributed by atoms with van der Waals surface area (Å²) in [5.74, 6) is -2.09. The first-order valence-electron chi connectivity index (χ1n) is 11.0. The number of aliphatic carboxylic acids is 2. The molecule has 5 nitrogen and oxygen atoms in total. The van der Waals surface area contributed by atoms with Crippen molar-refractivity contribution in [2.24, 2.45) is 10.8 Å². The molecule has 0 amide bonds. The third-order valence-electron chi connectivity index (χ3n) is 4.34. The molecule has 24 heavy (non-hydrogen) atoms. The molecule has 5 heteroatoms. The van der Waals surface area contributed by atoms with Crippen LogP contribution in [0.4, 0.5) is 0 Å². The molecule has 0 fully saturated rings. The minimum absolute atomic E-state index is 0.0405. The molecule has 0 aliphatic carbocycles. The second kappa shape index (κ2) is 10.7. The second-order valence-electron chi connectivity index (χ2n) is 7.38. The first-order valence-corrected chi connectivity index (χ1v) is 8.45. The quantitative estimate of drug-likeness (QED) is 0.402. The summed E-state index contributed by atoms with van der Waals surface area (Å²) in [5.41, 5.74) is -2.28. The highest BCUT2D eigenvalue weighted by molar-refractivity contribution is 5.74. The zero-order chi connectivity index (χ0) is 23.3. The van der Waals surface area contributed by atoms with E-state index in [0.717, 1.165) is 0 Å². The van der Waals surface area contributed by atoms with Crippen LogP contribution in [-0.4, -0.2) is 33.4 Å². The van der Waals surface area contributed by atoms with Crippen LogP contribution in [-0.2, 0) is 9.59 Å². The average Bonchev–Trinajstić information content (AvgIpc) is 2.57. The Labute approximate surface area is 153 Å². The molecule has 0 aromatic rings. The lowest BCUT2D eigenvalue weighted by Gasteiger charge is -2.25. The lowest BCUT2D eigenvalue weighted by molar-refractivity contribution is -0.153. The van der Waals surface area contributed by atoms with Crippen LogP contribution in [0.3, 0.4) is 0 Å². The van der Waals surface area contributed by atoms with Gasteiger partial charge in [0.05, 0.1) is 16.9 Å². The van der Waals surface area contributed by atoms with E-state index in [2.05, 4.69) is 0 Å². The van der Waals surface area contributed by atoms with Gasteiger partial charge in [-0.3, -0.25) is 9.59 Å². The van der Waals surface area contributed by atoms with Gasteiger partial charge in [0, 0.05) is 6.85 Å². The highest BCUT2D eigenvalue weighted by Crippen LogP contribution is 2.26. The van der Waals surface area contributed by atoms with Crippen molar-refractivity contribution in [1.82, 2.24) is 0 Å². The summed E-state index contributed by atoms with van der Waals surface area (Å²) in [6.07, 6.45) is -5.92. The van der Waals surface area contributed by atoms with Crippen molar-refractivity contribution in [3.63, 3.8) is 0 Å². The summed E-state index contributed by atoms with van der Waals surface area (Å²) in [6, 6.07) is 0. The topological polar surface area (TPSA) is 94.8 Å². The number of rotatable bonds is 14. The van der Waals surface area contributed by atoms with E-state index in [9.17, 15) is 14.7 Å². The molecule has 3 N–H and O–H groups in total. The van der Waals surface area contributed by atoms with E-state index in [0.29, 0.717) is 19.3 Å². The summed E-state index contributed by atoms with van der Waals surface area (Å²) >= 11 is 0. The van der Waals surface area contributed by atoms with Gasteiger partial charge < -0.3 is 15.3 Å². The Kier molecular flexibility index (Phi) is 6.77. The molecule has 0 bridgehead atoms. The predicted octanol–water partition coefficient (Wildman–Crippen LogP) is 4.47. The third kappa shape index (κ3) is 8.67. The average molecular weight is 350 g/mol. The van der Waals surface area contributed by atoms with E-state index in [1.165, 1.54) is 13.8 Å². The van der Waals surface area contributed by atoms with Gasteiger partial charge in [-0.15, -0.1) is 0 Å². The molecule has 0 spiro atoms. The maximum absolute atomic E-state index is 11.1. The lowest BCUT2D eigenvalue weighted by Crippen LogP contribution is -2.36. The van der Waals surface area contributed by atoms with Crippen molar-refractivity contribution in [3.05, 3.63) is 0 Å². The molecule has 0 aliphatic heterocycles. The molecule has 2 unspecified atom stereocenters. The van der Waals surface area contributed by atoms with Gasteiger partial charge in [-0.2, -0.15) is 0 Å². The fraction of sp³-hybridized carbons (Fsp3) is 0.895. The molecule has 2 atom stereocenters. The zero-order valence-corrected chi connectivity index (χ0v) is 15.3. The number of hydrogen-bond donors (Lipinski definition) is 3. The van der Waals surface area contributed by atoms with Gasteiger partial charge in [0.25, 0.3) is 0 Å². The van der Waals surface area contributed by atoms with Crippen molar-refractivity contribution in [1.29, 1.82) is 0 Å².